The molecule has 1 aliphatic carbocycles. The first-order valence-corrected chi connectivity index (χ1v) is 7.95. The summed E-state index contributed by atoms with van der Waals surface area (Å²) in [5.41, 5.74) is 1.26. The Labute approximate surface area is 131 Å². The highest BCUT2D eigenvalue weighted by Gasteiger charge is 2.19. The van der Waals surface area contributed by atoms with E-state index in [1.54, 1.807) is 0 Å². The number of hydrogen-bond donors (Lipinski definition) is 0. The van der Waals surface area contributed by atoms with Crippen LogP contribution in [0.4, 0.5) is 4.39 Å². The molecule has 1 fully saturated rings. The molecule has 21 heavy (non-hydrogen) atoms. The van der Waals surface area contributed by atoms with Crippen molar-refractivity contribution in [2.45, 2.75) is 38.1 Å². The third kappa shape index (κ3) is 3.23. The van der Waals surface area contributed by atoms with Crippen LogP contribution < -0.4 is 0 Å². The molecule has 3 rings (SSSR count). The van der Waals surface area contributed by atoms with Crippen LogP contribution in [-0.4, -0.2) is 15.6 Å². The number of aromatic nitrogens is 2. The average Bonchev–Trinajstić information content (AvgIpc) is 3.08. The maximum atomic E-state index is 13.1. The molecule has 1 aromatic heterocycles. The van der Waals surface area contributed by atoms with Crippen molar-refractivity contribution in [3.05, 3.63) is 52.0 Å². The minimum absolute atomic E-state index is 0.0569. The lowest BCUT2D eigenvalue weighted by Crippen LogP contribution is -2.08. The van der Waals surface area contributed by atoms with E-state index in [1.807, 2.05) is 16.9 Å². The molecule has 0 amide bonds. The van der Waals surface area contributed by atoms with Gasteiger partial charge in [-0.25, -0.2) is 4.39 Å². The Balaban J connectivity index is 1.72. The number of benzene rings is 1. The highest BCUT2D eigenvalue weighted by atomic mass is 79.9. The molecule has 0 spiro atoms. The van der Waals surface area contributed by atoms with E-state index in [0.29, 0.717) is 16.1 Å². The van der Waals surface area contributed by atoms with Crippen LogP contribution in [0, 0.1) is 5.82 Å². The summed E-state index contributed by atoms with van der Waals surface area (Å²) >= 11 is 3.23. The zero-order chi connectivity index (χ0) is 14.8. The molecule has 0 radical (unpaired) electrons. The third-order valence-electron chi connectivity index (χ3n) is 3.94. The van der Waals surface area contributed by atoms with E-state index in [4.69, 9.17) is 0 Å². The monoisotopic (exact) mass is 350 g/mol. The summed E-state index contributed by atoms with van der Waals surface area (Å²) in [6.45, 7) is 0. The molecule has 3 nitrogen and oxygen atoms in total. The van der Waals surface area contributed by atoms with E-state index in [0.717, 1.165) is 5.69 Å². The molecular weight excluding hydrogens is 335 g/mol. The number of Topliss-reactive ketones (excluding diaryl/α,β-unsaturated/α-hetero) is 1. The van der Waals surface area contributed by atoms with Gasteiger partial charge in [-0.1, -0.05) is 12.8 Å². The number of carbonyl (C=O) groups excluding carboxylic acids is 1. The van der Waals surface area contributed by atoms with Crippen LogP contribution in [0.5, 0.6) is 0 Å². The minimum Gasteiger partial charge on any atom is -0.294 e. The zero-order valence-electron chi connectivity index (χ0n) is 11.6. The maximum absolute atomic E-state index is 13.1. The molecule has 1 aromatic carbocycles. The minimum atomic E-state index is -0.357. The second kappa shape index (κ2) is 6.10. The Kier molecular flexibility index (Phi) is 4.19. The number of nitrogens with zero attached hydrogens (tertiary/aromatic N) is 2. The smallest absolute Gasteiger partial charge is 0.170 e. The lowest BCUT2D eigenvalue weighted by atomic mass is 10.1. The van der Waals surface area contributed by atoms with Crippen LogP contribution in [0.1, 0.15) is 47.8 Å². The molecule has 0 unspecified atom stereocenters. The van der Waals surface area contributed by atoms with Gasteiger partial charge in [0.25, 0.3) is 0 Å². The van der Waals surface area contributed by atoms with Crippen LogP contribution in [0.25, 0.3) is 0 Å². The summed E-state index contributed by atoms with van der Waals surface area (Å²) in [6, 6.07) is 6.49. The highest BCUT2D eigenvalue weighted by Crippen LogP contribution is 2.29. The van der Waals surface area contributed by atoms with E-state index in [-0.39, 0.29) is 18.0 Å². The molecule has 0 bridgehead atoms. The molecule has 0 saturated heterocycles. The average molecular weight is 351 g/mol. The summed E-state index contributed by atoms with van der Waals surface area (Å²) in [7, 11) is 0. The topological polar surface area (TPSA) is 34.9 Å². The van der Waals surface area contributed by atoms with Gasteiger partial charge in [-0.05, 0) is 53.0 Å². The fraction of sp³-hybridized carbons (Fsp3) is 0.375. The summed E-state index contributed by atoms with van der Waals surface area (Å²) in [5, 5.41) is 4.51. The first kappa shape index (κ1) is 14.4. The molecule has 1 heterocycles. The lowest BCUT2D eigenvalue weighted by Gasteiger charge is -2.08. The van der Waals surface area contributed by atoms with Crippen molar-refractivity contribution >= 4 is 21.7 Å². The van der Waals surface area contributed by atoms with Crippen LogP contribution in [0.2, 0.25) is 0 Å². The molecule has 1 saturated carbocycles. The van der Waals surface area contributed by atoms with E-state index in [9.17, 15) is 9.18 Å². The Hall–Kier alpha value is -1.49. The Bertz CT molecular complexity index is 662. The van der Waals surface area contributed by atoms with Crippen LogP contribution in [0.3, 0.4) is 0 Å². The van der Waals surface area contributed by atoms with Crippen LogP contribution >= 0.6 is 15.9 Å². The van der Waals surface area contributed by atoms with Crippen molar-refractivity contribution in [2.24, 2.45) is 0 Å². The van der Waals surface area contributed by atoms with Gasteiger partial charge in [-0.3, -0.25) is 9.48 Å². The van der Waals surface area contributed by atoms with Gasteiger partial charge in [0.05, 0.1) is 18.2 Å². The zero-order valence-corrected chi connectivity index (χ0v) is 13.1. The van der Waals surface area contributed by atoms with Crippen molar-refractivity contribution in [1.82, 2.24) is 9.78 Å². The number of ketones is 1. The Morgan fingerprint density at radius 1 is 1.33 bits per heavy atom. The highest BCUT2D eigenvalue weighted by molar-refractivity contribution is 9.10. The lowest BCUT2D eigenvalue weighted by molar-refractivity contribution is 0.0991. The van der Waals surface area contributed by atoms with E-state index in [2.05, 4.69) is 21.0 Å². The summed E-state index contributed by atoms with van der Waals surface area (Å²) < 4.78 is 15.5. The quantitative estimate of drug-likeness (QED) is 0.769. The fourth-order valence-electron chi connectivity index (χ4n) is 2.82. The van der Waals surface area contributed by atoms with Gasteiger partial charge in [0, 0.05) is 16.2 Å². The van der Waals surface area contributed by atoms with Gasteiger partial charge in [-0.2, -0.15) is 5.10 Å². The fourth-order valence-corrected chi connectivity index (χ4v) is 3.39. The van der Waals surface area contributed by atoms with Crippen LogP contribution in [-0.2, 0) is 6.42 Å². The van der Waals surface area contributed by atoms with E-state index in [1.165, 1.54) is 43.9 Å². The first-order valence-electron chi connectivity index (χ1n) is 7.16. The van der Waals surface area contributed by atoms with E-state index >= 15 is 0 Å². The Morgan fingerprint density at radius 2 is 2.10 bits per heavy atom. The van der Waals surface area contributed by atoms with Crippen molar-refractivity contribution < 1.29 is 9.18 Å². The van der Waals surface area contributed by atoms with Crippen molar-refractivity contribution in [2.75, 3.05) is 0 Å². The van der Waals surface area contributed by atoms with Crippen molar-refractivity contribution in [3.63, 3.8) is 0 Å². The molecular formula is C16H16BrFN2O. The standard InChI is InChI=1S/C16H16BrFN2O/c17-15-9-11(18)5-6-14(15)16(21)10-12-7-8-20(19-12)13-3-1-2-4-13/h5-9,13H,1-4,10H2. The largest absolute Gasteiger partial charge is 0.294 e. The van der Waals surface area contributed by atoms with Gasteiger partial charge >= 0.3 is 0 Å². The van der Waals surface area contributed by atoms with E-state index < -0.39 is 0 Å². The second-order valence-electron chi connectivity index (χ2n) is 5.45. The summed E-state index contributed by atoms with van der Waals surface area (Å²) in [6.07, 6.45) is 7.03. The van der Waals surface area contributed by atoms with Crippen LogP contribution in [0.15, 0.2) is 34.9 Å². The van der Waals surface area contributed by atoms with Gasteiger partial charge in [-0.15, -0.1) is 0 Å². The number of carbonyl (C=O) groups is 1. The molecule has 1 aliphatic rings. The third-order valence-corrected chi connectivity index (χ3v) is 4.59. The molecule has 2 aromatic rings. The normalized spacial score (nSPS) is 15.5. The Morgan fingerprint density at radius 3 is 2.81 bits per heavy atom. The van der Waals surface area contributed by atoms with Gasteiger partial charge in [0.1, 0.15) is 5.82 Å². The van der Waals surface area contributed by atoms with Crippen molar-refractivity contribution in [1.29, 1.82) is 0 Å². The summed E-state index contributed by atoms with van der Waals surface area (Å²) in [4.78, 5) is 12.3. The molecule has 110 valence electrons. The van der Waals surface area contributed by atoms with Crippen molar-refractivity contribution in [3.8, 4) is 0 Å². The number of hydrogen-bond acceptors (Lipinski definition) is 2. The summed E-state index contributed by atoms with van der Waals surface area (Å²) in [5.74, 6) is -0.414. The molecule has 0 N–H and O–H groups in total. The second-order valence-corrected chi connectivity index (χ2v) is 6.30. The molecule has 0 atom stereocenters. The molecule has 0 aliphatic heterocycles. The predicted molar refractivity (Wildman–Crippen MR) is 81.9 cm³/mol. The van der Waals surface area contributed by atoms with Gasteiger partial charge in [0.15, 0.2) is 5.78 Å². The number of rotatable bonds is 4. The SMILES string of the molecule is O=C(Cc1ccn(C2CCCC2)n1)c1ccc(F)cc1Br. The predicted octanol–water partition coefficient (Wildman–Crippen LogP) is 4.33. The molecule has 5 heteroatoms. The first-order chi connectivity index (χ1) is 10.1. The van der Waals surface area contributed by atoms with Gasteiger partial charge in [0.2, 0.25) is 0 Å². The number of halogens is 2. The van der Waals surface area contributed by atoms with Gasteiger partial charge < -0.3 is 0 Å². The maximum Gasteiger partial charge on any atom is 0.170 e.